The van der Waals surface area contributed by atoms with Gasteiger partial charge in [-0.3, -0.25) is 9.78 Å². The van der Waals surface area contributed by atoms with Crippen molar-refractivity contribution in [3.8, 4) is 0 Å². The van der Waals surface area contributed by atoms with Crippen molar-refractivity contribution in [2.75, 3.05) is 0 Å². The predicted octanol–water partition coefficient (Wildman–Crippen LogP) is 1.57. The molecule has 0 bridgehead atoms. The van der Waals surface area contributed by atoms with E-state index in [1.165, 1.54) is 6.92 Å². The molecule has 0 spiro atoms. The van der Waals surface area contributed by atoms with Gasteiger partial charge in [0.2, 0.25) is 0 Å². The molecule has 1 aromatic heterocycles. The lowest BCUT2D eigenvalue weighted by Gasteiger charge is -1.95. The monoisotopic (exact) mass is 153 g/mol. The van der Waals surface area contributed by atoms with Crippen LogP contribution >= 0.6 is 12.6 Å². The maximum absolute atomic E-state index is 10.8. The second kappa shape index (κ2) is 2.84. The molecule has 0 aliphatic carbocycles. The zero-order valence-corrected chi connectivity index (χ0v) is 6.43. The van der Waals surface area contributed by atoms with Crippen LogP contribution in [0.3, 0.4) is 0 Å². The van der Waals surface area contributed by atoms with Gasteiger partial charge in [-0.25, -0.2) is 0 Å². The summed E-state index contributed by atoms with van der Waals surface area (Å²) >= 11 is 4.05. The van der Waals surface area contributed by atoms with Crippen molar-refractivity contribution in [1.82, 2.24) is 4.98 Å². The Morgan fingerprint density at radius 1 is 1.70 bits per heavy atom. The Labute approximate surface area is 64.7 Å². The van der Waals surface area contributed by atoms with Gasteiger partial charge in [-0.15, -0.1) is 12.6 Å². The summed E-state index contributed by atoms with van der Waals surface area (Å²) in [5.41, 5.74) is 0.436. The van der Waals surface area contributed by atoms with Crippen LogP contribution in [-0.2, 0) is 0 Å². The molecule has 1 rings (SSSR count). The maximum Gasteiger partial charge on any atom is 0.179 e. The molecule has 3 heteroatoms. The van der Waals surface area contributed by atoms with E-state index in [1.807, 2.05) is 0 Å². The molecule has 2 nitrogen and oxygen atoms in total. The lowest BCUT2D eigenvalue weighted by atomic mass is 10.3. The van der Waals surface area contributed by atoms with Crippen molar-refractivity contribution in [2.24, 2.45) is 0 Å². The van der Waals surface area contributed by atoms with Crippen LogP contribution in [0, 0.1) is 0 Å². The van der Waals surface area contributed by atoms with Crippen LogP contribution in [-0.4, -0.2) is 10.8 Å². The number of carbonyl (C=O) groups is 1. The SMILES string of the molecule is CC(=O)c1ncccc1S. The first-order valence-corrected chi connectivity index (χ1v) is 3.31. The van der Waals surface area contributed by atoms with Crippen molar-refractivity contribution in [3.63, 3.8) is 0 Å². The third-order valence-electron chi connectivity index (χ3n) is 1.12. The molecule has 0 fully saturated rings. The molecule has 0 amide bonds. The van der Waals surface area contributed by atoms with Crippen LogP contribution in [0.5, 0.6) is 0 Å². The van der Waals surface area contributed by atoms with Crippen LogP contribution in [0.25, 0.3) is 0 Å². The van der Waals surface area contributed by atoms with Gasteiger partial charge in [0.25, 0.3) is 0 Å². The third-order valence-corrected chi connectivity index (χ3v) is 1.48. The molecule has 1 heterocycles. The van der Waals surface area contributed by atoms with Crippen molar-refractivity contribution < 1.29 is 4.79 Å². The Morgan fingerprint density at radius 2 is 2.40 bits per heavy atom. The number of hydrogen-bond acceptors (Lipinski definition) is 3. The van der Waals surface area contributed by atoms with E-state index >= 15 is 0 Å². The minimum absolute atomic E-state index is 0.0504. The number of pyridine rings is 1. The average molecular weight is 153 g/mol. The number of thiol groups is 1. The van der Waals surface area contributed by atoms with E-state index in [9.17, 15) is 4.79 Å². The summed E-state index contributed by atoms with van der Waals surface area (Å²) in [6.07, 6.45) is 1.58. The van der Waals surface area contributed by atoms with Gasteiger partial charge in [-0.05, 0) is 12.1 Å². The number of aromatic nitrogens is 1. The highest BCUT2D eigenvalue weighted by Crippen LogP contribution is 2.09. The molecule has 0 aliphatic heterocycles. The first-order chi connectivity index (χ1) is 4.72. The van der Waals surface area contributed by atoms with Gasteiger partial charge in [-0.1, -0.05) is 0 Å². The normalized spacial score (nSPS) is 9.40. The van der Waals surface area contributed by atoms with Crippen molar-refractivity contribution in [3.05, 3.63) is 24.0 Å². The van der Waals surface area contributed by atoms with Gasteiger partial charge in [-0.2, -0.15) is 0 Å². The molecule has 0 aliphatic rings. The summed E-state index contributed by atoms with van der Waals surface area (Å²) in [6.45, 7) is 1.47. The predicted molar refractivity (Wildman–Crippen MR) is 41.5 cm³/mol. The lowest BCUT2D eigenvalue weighted by molar-refractivity contribution is 0.101. The Balaban J connectivity index is 3.15. The van der Waals surface area contributed by atoms with Gasteiger partial charge in [0.05, 0.1) is 0 Å². The van der Waals surface area contributed by atoms with Crippen LogP contribution in [0.15, 0.2) is 23.2 Å². The van der Waals surface area contributed by atoms with E-state index in [-0.39, 0.29) is 5.78 Å². The Hall–Kier alpha value is -0.830. The number of ketones is 1. The van der Waals surface area contributed by atoms with Gasteiger partial charge in [0.1, 0.15) is 5.69 Å². The summed E-state index contributed by atoms with van der Waals surface area (Å²) in [4.78, 5) is 15.2. The molecule has 10 heavy (non-hydrogen) atoms. The lowest BCUT2D eigenvalue weighted by Crippen LogP contribution is -1.96. The number of rotatable bonds is 1. The summed E-state index contributed by atoms with van der Waals surface area (Å²) in [5.74, 6) is -0.0504. The highest BCUT2D eigenvalue weighted by Gasteiger charge is 2.02. The minimum Gasteiger partial charge on any atom is -0.293 e. The highest BCUT2D eigenvalue weighted by molar-refractivity contribution is 7.80. The summed E-state index contributed by atoms with van der Waals surface area (Å²) in [5, 5.41) is 0. The number of carbonyl (C=O) groups excluding carboxylic acids is 1. The van der Waals surface area contributed by atoms with E-state index in [0.29, 0.717) is 10.6 Å². The number of hydrogen-bond donors (Lipinski definition) is 1. The van der Waals surface area contributed by atoms with Crippen LogP contribution < -0.4 is 0 Å². The fourth-order valence-corrected chi connectivity index (χ4v) is 0.969. The van der Waals surface area contributed by atoms with E-state index in [1.54, 1.807) is 18.3 Å². The van der Waals surface area contributed by atoms with E-state index < -0.39 is 0 Å². The minimum atomic E-state index is -0.0504. The molecule has 0 saturated heterocycles. The van der Waals surface area contributed by atoms with Gasteiger partial charge in [0.15, 0.2) is 5.78 Å². The molecule has 0 atom stereocenters. The second-order valence-electron chi connectivity index (χ2n) is 1.93. The van der Waals surface area contributed by atoms with Crippen molar-refractivity contribution in [2.45, 2.75) is 11.8 Å². The van der Waals surface area contributed by atoms with Crippen LogP contribution in [0.2, 0.25) is 0 Å². The molecule has 0 unspecified atom stereocenters. The Morgan fingerprint density at radius 3 is 2.80 bits per heavy atom. The smallest absolute Gasteiger partial charge is 0.179 e. The molecular weight excluding hydrogens is 146 g/mol. The fraction of sp³-hybridized carbons (Fsp3) is 0.143. The zero-order chi connectivity index (χ0) is 7.56. The molecular formula is C7H7NOS. The zero-order valence-electron chi connectivity index (χ0n) is 5.53. The van der Waals surface area contributed by atoms with E-state index in [2.05, 4.69) is 17.6 Å². The topological polar surface area (TPSA) is 30.0 Å². The summed E-state index contributed by atoms with van der Waals surface area (Å²) in [6, 6.07) is 3.49. The first kappa shape index (κ1) is 7.28. The van der Waals surface area contributed by atoms with Crippen LogP contribution in [0.4, 0.5) is 0 Å². The fourth-order valence-electron chi connectivity index (χ4n) is 0.668. The van der Waals surface area contributed by atoms with E-state index in [4.69, 9.17) is 0 Å². The van der Waals surface area contributed by atoms with Crippen LogP contribution in [0.1, 0.15) is 17.4 Å². The summed E-state index contributed by atoms with van der Waals surface area (Å²) < 4.78 is 0. The molecule has 0 radical (unpaired) electrons. The van der Waals surface area contributed by atoms with Crippen molar-refractivity contribution in [1.29, 1.82) is 0 Å². The standard InChI is InChI=1S/C7H7NOS/c1-5(9)7-6(10)3-2-4-8-7/h2-4,10H,1H3. The number of Topliss-reactive ketones (excluding diaryl/α,β-unsaturated/α-hetero) is 1. The van der Waals surface area contributed by atoms with E-state index in [0.717, 1.165) is 0 Å². The molecule has 1 aromatic rings. The van der Waals surface area contributed by atoms with Gasteiger partial charge >= 0.3 is 0 Å². The Bertz CT molecular complexity index is 260. The van der Waals surface area contributed by atoms with Crippen molar-refractivity contribution >= 4 is 18.4 Å². The second-order valence-corrected chi connectivity index (χ2v) is 2.41. The quantitative estimate of drug-likeness (QED) is 0.490. The molecule has 52 valence electrons. The summed E-state index contributed by atoms with van der Waals surface area (Å²) in [7, 11) is 0. The number of nitrogens with zero attached hydrogens (tertiary/aromatic N) is 1. The average Bonchev–Trinajstić information content (AvgIpc) is 1.88. The van der Waals surface area contributed by atoms with Gasteiger partial charge < -0.3 is 0 Å². The van der Waals surface area contributed by atoms with Gasteiger partial charge in [0, 0.05) is 18.0 Å². The molecule has 0 N–H and O–H groups in total. The highest BCUT2D eigenvalue weighted by atomic mass is 32.1. The molecule has 0 aromatic carbocycles. The first-order valence-electron chi connectivity index (χ1n) is 2.86. The molecule has 0 saturated carbocycles. The third kappa shape index (κ3) is 1.36. The largest absolute Gasteiger partial charge is 0.293 e. The Kier molecular flexibility index (Phi) is 2.06. The maximum atomic E-state index is 10.8.